The Kier molecular flexibility index (Phi) is 4.33. The lowest BCUT2D eigenvalue weighted by Gasteiger charge is -2.10. The minimum Gasteiger partial charge on any atom is -0.496 e. The van der Waals surface area contributed by atoms with Crippen molar-refractivity contribution in [2.75, 3.05) is 26.0 Å². The van der Waals surface area contributed by atoms with Gasteiger partial charge in [-0.25, -0.2) is 0 Å². The van der Waals surface area contributed by atoms with E-state index in [0.29, 0.717) is 11.3 Å². The molecule has 0 aliphatic carbocycles. The van der Waals surface area contributed by atoms with E-state index in [1.165, 1.54) is 7.11 Å². The van der Waals surface area contributed by atoms with Crippen LogP contribution < -0.4 is 15.4 Å². The fourth-order valence-electron chi connectivity index (χ4n) is 1.29. The molecular formula is C11H14N2O4. The van der Waals surface area contributed by atoms with E-state index in [1.807, 2.05) is 0 Å². The summed E-state index contributed by atoms with van der Waals surface area (Å²) < 4.78 is 5.04. The van der Waals surface area contributed by atoms with Gasteiger partial charge in [-0.1, -0.05) is 0 Å². The highest BCUT2D eigenvalue weighted by atomic mass is 16.5. The van der Waals surface area contributed by atoms with Crippen molar-refractivity contribution >= 4 is 17.6 Å². The molecular weight excluding hydrogens is 224 g/mol. The molecule has 1 aromatic rings. The van der Waals surface area contributed by atoms with Crippen LogP contribution in [-0.4, -0.2) is 37.7 Å². The van der Waals surface area contributed by atoms with Crippen molar-refractivity contribution in [2.45, 2.75) is 0 Å². The van der Waals surface area contributed by atoms with Crippen LogP contribution in [-0.2, 0) is 4.79 Å². The van der Waals surface area contributed by atoms with Crippen molar-refractivity contribution in [1.82, 2.24) is 5.32 Å². The molecule has 0 saturated heterocycles. The minimum absolute atomic E-state index is 0.292. The van der Waals surface area contributed by atoms with Crippen LogP contribution in [0.2, 0.25) is 0 Å². The molecule has 92 valence electrons. The summed E-state index contributed by atoms with van der Waals surface area (Å²) >= 11 is 0. The Labute approximate surface area is 98.6 Å². The van der Waals surface area contributed by atoms with Gasteiger partial charge in [0.15, 0.2) is 0 Å². The fraction of sp³-hybridized carbons (Fsp3) is 0.273. The zero-order valence-electron chi connectivity index (χ0n) is 9.61. The second-order valence-corrected chi connectivity index (χ2v) is 3.24. The first kappa shape index (κ1) is 12.8. The zero-order valence-corrected chi connectivity index (χ0v) is 9.61. The molecule has 0 bridgehead atoms. The first-order chi connectivity index (χ1) is 8.08. The normalized spacial score (nSPS) is 9.53. The number of rotatable bonds is 5. The topological polar surface area (TPSA) is 87.7 Å². The third-order valence-corrected chi connectivity index (χ3v) is 2.13. The Bertz CT molecular complexity index is 431. The summed E-state index contributed by atoms with van der Waals surface area (Å²) in [6, 6.07) is 4.99. The Morgan fingerprint density at radius 3 is 2.65 bits per heavy atom. The van der Waals surface area contributed by atoms with Gasteiger partial charge >= 0.3 is 5.97 Å². The molecule has 1 aromatic carbocycles. The van der Waals surface area contributed by atoms with Crippen molar-refractivity contribution in [2.24, 2.45) is 0 Å². The van der Waals surface area contributed by atoms with Gasteiger partial charge in [-0.05, 0) is 18.2 Å². The number of methoxy groups -OCH3 is 1. The highest BCUT2D eigenvalue weighted by molar-refractivity contribution is 5.99. The Balaban J connectivity index is 2.93. The second-order valence-electron chi connectivity index (χ2n) is 3.24. The molecule has 0 aliphatic heterocycles. The third-order valence-electron chi connectivity index (χ3n) is 2.13. The number of carboxylic acid groups (broad SMARTS) is 1. The number of aliphatic carboxylic acids is 1. The number of anilines is 1. The van der Waals surface area contributed by atoms with Gasteiger partial charge in [-0.2, -0.15) is 0 Å². The Morgan fingerprint density at radius 2 is 2.12 bits per heavy atom. The number of amides is 1. The summed E-state index contributed by atoms with van der Waals surface area (Å²) in [6.07, 6.45) is 0. The molecule has 17 heavy (non-hydrogen) atoms. The molecule has 1 amide bonds. The monoisotopic (exact) mass is 238 g/mol. The second kappa shape index (κ2) is 5.74. The van der Waals surface area contributed by atoms with Crippen LogP contribution in [0.1, 0.15) is 10.4 Å². The molecule has 6 heteroatoms. The van der Waals surface area contributed by atoms with Gasteiger partial charge in [0.05, 0.1) is 12.7 Å². The van der Waals surface area contributed by atoms with Crippen LogP contribution in [0.3, 0.4) is 0 Å². The number of carboxylic acids is 1. The van der Waals surface area contributed by atoms with E-state index in [-0.39, 0.29) is 0 Å². The van der Waals surface area contributed by atoms with Crippen LogP contribution in [0.5, 0.6) is 5.75 Å². The van der Waals surface area contributed by atoms with E-state index < -0.39 is 18.4 Å². The van der Waals surface area contributed by atoms with Crippen LogP contribution in [0, 0.1) is 0 Å². The van der Waals surface area contributed by atoms with Gasteiger partial charge in [0, 0.05) is 12.7 Å². The van der Waals surface area contributed by atoms with Gasteiger partial charge in [0.2, 0.25) is 0 Å². The Hall–Kier alpha value is -2.24. The van der Waals surface area contributed by atoms with Crippen molar-refractivity contribution in [3.63, 3.8) is 0 Å². The molecule has 0 radical (unpaired) electrons. The maximum absolute atomic E-state index is 11.7. The summed E-state index contributed by atoms with van der Waals surface area (Å²) in [6.45, 7) is -0.425. The lowest BCUT2D eigenvalue weighted by Crippen LogP contribution is -2.29. The number of hydrogen-bond acceptors (Lipinski definition) is 4. The average molecular weight is 238 g/mol. The highest BCUT2D eigenvalue weighted by Gasteiger charge is 2.13. The van der Waals surface area contributed by atoms with Crippen LogP contribution >= 0.6 is 0 Å². The van der Waals surface area contributed by atoms with E-state index in [2.05, 4.69) is 10.6 Å². The number of ether oxygens (including phenoxy) is 1. The summed E-state index contributed by atoms with van der Waals surface area (Å²) in [5.41, 5.74) is 1.03. The summed E-state index contributed by atoms with van der Waals surface area (Å²) in [5.74, 6) is -1.18. The van der Waals surface area contributed by atoms with Crippen LogP contribution in [0.4, 0.5) is 5.69 Å². The lowest BCUT2D eigenvalue weighted by molar-refractivity contribution is -0.135. The molecule has 0 unspecified atom stereocenters. The molecule has 0 heterocycles. The van der Waals surface area contributed by atoms with Crippen LogP contribution in [0.25, 0.3) is 0 Å². The maximum Gasteiger partial charge on any atom is 0.322 e. The Morgan fingerprint density at radius 1 is 1.41 bits per heavy atom. The van der Waals surface area contributed by atoms with E-state index in [1.54, 1.807) is 25.2 Å². The number of carbonyl (C=O) groups excluding carboxylic acids is 1. The number of carbonyl (C=O) groups is 2. The van der Waals surface area contributed by atoms with E-state index in [4.69, 9.17) is 9.84 Å². The molecule has 0 fully saturated rings. The summed E-state index contributed by atoms with van der Waals surface area (Å²) in [4.78, 5) is 22.1. The van der Waals surface area contributed by atoms with E-state index in [9.17, 15) is 9.59 Å². The largest absolute Gasteiger partial charge is 0.496 e. The van der Waals surface area contributed by atoms with Gasteiger partial charge in [-0.3, -0.25) is 9.59 Å². The molecule has 0 aromatic heterocycles. The van der Waals surface area contributed by atoms with Crippen LogP contribution in [0.15, 0.2) is 18.2 Å². The number of hydrogen-bond donors (Lipinski definition) is 3. The molecule has 3 N–H and O–H groups in total. The van der Waals surface area contributed by atoms with Gasteiger partial charge in [0.1, 0.15) is 12.3 Å². The molecule has 0 saturated carbocycles. The van der Waals surface area contributed by atoms with Crippen molar-refractivity contribution in [1.29, 1.82) is 0 Å². The van der Waals surface area contributed by atoms with E-state index >= 15 is 0 Å². The van der Waals surface area contributed by atoms with Crippen molar-refractivity contribution < 1.29 is 19.4 Å². The van der Waals surface area contributed by atoms with E-state index in [0.717, 1.165) is 5.69 Å². The SMILES string of the molecule is CNc1ccc(OC)c(C(=O)NCC(=O)O)c1. The molecule has 6 nitrogen and oxygen atoms in total. The molecule has 0 atom stereocenters. The van der Waals surface area contributed by atoms with Crippen molar-refractivity contribution in [3.8, 4) is 5.75 Å². The smallest absolute Gasteiger partial charge is 0.322 e. The maximum atomic E-state index is 11.7. The summed E-state index contributed by atoms with van der Waals surface area (Å²) in [5, 5.41) is 13.6. The molecule has 1 rings (SSSR count). The first-order valence-corrected chi connectivity index (χ1v) is 4.94. The van der Waals surface area contributed by atoms with Gasteiger partial charge < -0.3 is 20.5 Å². The predicted octanol–water partition coefficient (Wildman–Crippen LogP) is 0.551. The van der Waals surface area contributed by atoms with Gasteiger partial charge in [-0.15, -0.1) is 0 Å². The quantitative estimate of drug-likeness (QED) is 0.697. The third kappa shape index (κ3) is 3.37. The fourth-order valence-corrected chi connectivity index (χ4v) is 1.29. The molecule has 0 aliphatic rings. The standard InChI is InChI=1S/C11H14N2O4/c1-12-7-3-4-9(17-2)8(5-7)11(16)13-6-10(14)15/h3-5,12H,6H2,1-2H3,(H,13,16)(H,14,15). The number of nitrogens with one attached hydrogen (secondary N) is 2. The summed E-state index contributed by atoms with van der Waals surface area (Å²) in [7, 11) is 3.17. The number of benzene rings is 1. The zero-order chi connectivity index (χ0) is 12.8. The average Bonchev–Trinajstić information content (AvgIpc) is 2.34. The highest BCUT2D eigenvalue weighted by Crippen LogP contribution is 2.22. The van der Waals surface area contributed by atoms with Crippen molar-refractivity contribution in [3.05, 3.63) is 23.8 Å². The van der Waals surface area contributed by atoms with Gasteiger partial charge in [0.25, 0.3) is 5.91 Å². The molecule has 0 spiro atoms. The predicted molar refractivity (Wildman–Crippen MR) is 62.5 cm³/mol. The lowest BCUT2D eigenvalue weighted by atomic mass is 10.1. The first-order valence-electron chi connectivity index (χ1n) is 4.94. The minimum atomic E-state index is -1.10.